The average molecular weight is 289 g/mol. The first-order chi connectivity index (χ1) is 9.66. The summed E-state index contributed by atoms with van der Waals surface area (Å²) in [5.74, 6) is -0.0242. The smallest absolute Gasteiger partial charge is 0.220 e. The first kappa shape index (κ1) is 14.8. The lowest BCUT2D eigenvalue weighted by atomic mass is 10.0. The number of hydrogen-bond acceptors (Lipinski definition) is 3. The van der Waals surface area contributed by atoms with Crippen molar-refractivity contribution in [2.45, 2.75) is 25.9 Å². The highest BCUT2D eigenvalue weighted by atomic mass is 32.1. The molecule has 1 atom stereocenters. The summed E-state index contributed by atoms with van der Waals surface area (Å²) in [7, 11) is 0. The van der Waals surface area contributed by atoms with Crippen molar-refractivity contribution in [1.82, 2.24) is 5.32 Å². The molecule has 4 heteroatoms. The molecule has 1 aromatic carbocycles. The maximum absolute atomic E-state index is 11.7. The number of rotatable bonds is 6. The van der Waals surface area contributed by atoms with Gasteiger partial charge in [0.25, 0.3) is 0 Å². The monoisotopic (exact) mass is 289 g/mol. The van der Waals surface area contributed by atoms with Crippen LogP contribution in [-0.4, -0.2) is 17.6 Å². The minimum absolute atomic E-state index is 0.0242. The fourth-order valence-corrected chi connectivity index (χ4v) is 2.77. The SMILES string of the molecule is Cc1ccccc1C(O)CNC(=O)CCc1ccsc1. The summed E-state index contributed by atoms with van der Waals surface area (Å²) in [6, 6.07) is 9.70. The normalized spacial score (nSPS) is 12.1. The van der Waals surface area contributed by atoms with Crippen LogP contribution < -0.4 is 5.32 Å². The van der Waals surface area contributed by atoms with Crippen LogP contribution in [0, 0.1) is 6.92 Å². The molecular formula is C16H19NO2S. The third-order valence-electron chi connectivity index (χ3n) is 3.26. The Bertz CT molecular complexity index is 551. The molecule has 1 unspecified atom stereocenters. The summed E-state index contributed by atoms with van der Waals surface area (Å²) in [6.07, 6.45) is 0.550. The van der Waals surface area contributed by atoms with Gasteiger partial charge in [0.2, 0.25) is 5.91 Å². The fraction of sp³-hybridized carbons (Fsp3) is 0.312. The highest BCUT2D eigenvalue weighted by molar-refractivity contribution is 7.07. The molecule has 0 saturated heterocycles. The lowest BCUT2D eigenvalue weighted by Gasteiger charge is -2.14. The van der Waals surface area contributed by atoms with Crippen molar-refractivity contribution in [1.29, 1.82) is 0 Å². The van der Waals surface area contributed by atoms with Gasteiger partial charge in [0.1, 0.15) is 0 Å². The highest BCUT2D eigenvalue weighted by Gasteiger charge is 2.11. The van der Waals surface area contributed by atoms with Crippen LogP contribution in [-0.2, 0) is 11.2 Å². The second-order valence-electron chi connectivity index (χ2n) is 4.81. The standard InChI is InChI=1S/C16H19NO2S/c1-12-4-2-3-5-14(12)15(18)10-17-16(19)7-6-13-8-9-20-11-13/h2-5,8-9,11,15,18H,6-7,10H2,1H3,(H,17,19). The molecule has 1 heterocycles. The molecule has 106 valence electrons. The molecule has 0 saturated carbocycles. The van der Waals surface area contributed by atoms with Gasteiger partial charge in [-0.15, -0.1) is 0 Å². The Morgan fingerprint density at radius 1 is 1.35 bits per heavy atom. The van der Waals surface area contributed by atoms with E-state index >= 15 is 0 Å². The number of aryl methyl sites for hydroxylation is 2. The quantitative estimate of drug-likeness (QED) is 0.859. The van der Waals surface area contributed by atoms with E-state index in [2.05, 4.69) is 10.7 Å². The van der Waals surface area contributed by atoms with Crippen molar-refractivity contribution in [2.24, 2.45) is 0 Å². The number of carbonyl (C=O) groups excluding carboxylic acids is 1. The van der Waals surface area contributed by atoms with Crippen molar-refractivity contribution in [3.05, 3.63) is 57.8 Å². The molecule has 3 nitrogen and oxygen atoms in total. The molecule has 0 aliphatic rings. The van der Waals surface area contributed by atoms with Crippen LogP contribution in [0.25, 0.3) is 0 Å². The van der Waals surface area contributed by atoms with Crippen molar-refractivity contribution in [3.63, 3.8) is 0 Å². The number of hydrogen-bond donors (Lipinski definition) is 2. The number of aliphatic hydroxyl groups excluding tert-OH is 1. The van der Waals surface area contributed by atoms with Crippen LogP contribution in [0.2, 0.25) is 0 Å². The van der Waals surface area contributed by atoms with E-state index in [-0.39, 0.29) is 12.5 Å². The van der Waals surface area contributed by atoms with E-state index in [4.69, 9.17) is 0 Å². The molecule has 1 aromatic heterocycles. The van der Waals surface area contributed by atoms with Crippen LogP contribution in [0.5, 0.6) is 0 Å². The molecular weight excluding hydrogens is 270 g/mol. The summed E-state index contributed by atoms with van der Waals surface area (Å²) in [4.78, 5) is 11.7. The Balaban J connectivity index is 1.77. The Labute approximate surface area is 123 Å². The van der Waals surface area contributed by atoms with Gasteiger partial charge in [0.15, 0.2) is 0 Å². The Morgan fingerprint density at radius 2 is 2.15 bits per heavy atom. The molecule has 2 rings (SSSR count). The van der Waals surface area contributed by atoms with E-state index in [1.807, 2.05) is 42.6 Å². The third kappa shape index (κ3) is 4.18. The van der Waals surface area contributed by atoms with Crippen LogP contribution in [0.3, 0.4) is 0 Å². The first-order valence-corrected chi connectivity index (χ1v) is 7.62. The van der Waals surface area contributed by atoms with Crippen LogP contribution >= 0.6 is 11.3 Å². The summed E-state index contributed by atoms with van der Waals surface area (Å²) in [6.45, 7) is 2.21. The van der Waals surface area contributed by atoms with Gasteiger partial charge in [-0.05, 0) is 46.9 Å². The van der Waals surface area contributed by atoms with Crippen LogP contribution in [0.1, 0.15) is 29.2 Å². The maximum atomic E-state index is 11.7. The summed E-state index contributed by atoms with van der Waals surface area (Å²) >= 11 is 1.64. The lowest BCUT2D eigenvalue weighted by Crippen LogP contribution is -2.28. The summed E-state index contributed by atoms with van der Waals surface area (Å²) in [5, 5.41) is 16.9. The predicted octanol–water partition coefficient (Wildman–Crippen LogP) is 2.84. The Kier molecular flexibility index (Phi) is 5.32. The van der Waals surface area contributed by atoms with E-state index in [0.717, 1.165) is 17.5 Å². The number of nitrogens with one attached hydrogen (secondary N) is 1. The van der Waals surface area contributed by atoms with Gasteiger partial charge in [-0.3, -0.25) is 4.79 Å². The van der Waals surface area contributed by atoms with Gasteiger partial charge in [-0.1, -0.05) is 24.3 Å². The third-order valence-corrected chi connectivity index (χ3v) is 3.99. The first-order valence-electron chi connectivity index (χ1n) is 6.68. The predicted molar refractivity (Wildman–Crippen MR) is 81.8 cm³/mol. The van der Waals surface area contributed by atoms with Crippen molar-refractivity contribution in [3.8, 4) is 0 Å². The number of aliphatic hydroxyl groups is 1. The van der Waals surface area contributed by atoms with Crippen LogP contribution in [0.4, 0.5) is 0 Å². The minimum atomic E-state index is -0.652. The average Bonchev–Trinajstić information content (AvgIpc) is 2.96. The number of carbonyl (C=O) groups is 1. The Hall–Kier alpha value is -1.65. The largest absolute Gasteiger partial charge is 0.387 e. The zero-order valence-corrected chi connectivity index (χ0v) is 12.3. The van der Waals surface area contributed by atoms with Gasteiger partial charge in [0, 0.05) is 13.0 Å². The molecule has 0 spiro atoms. The van der Waals surface area contributed by atoms with Gasteiger partial charge >= 0.3 is 0 Å². The van der Waals surface area contributed by atoms with Crippen molar-refractivity contribution >= 4 is 17.2 Å². The molecule has 1 amide bonds. The van der Waals surface area contributed by atoms with Crippen LogP contribution in [0.15, 0.2) is 41.1 Å². The molecule has 0 aliphatic carbocycles. The van der Waals surface area contributed by atoms with E-state index in [0.29, 0.717) is 6.42 Å². The van der Waals surface area contributed by atoms with Gasteiger partial charge in [0.05, 0.1) is 6.10 Å². The zero-order valence-electron chi connectivity index (χ0n) is 11.5. The van der Waals surface area contributed by atoms with E-state index in [1.54, 1.807) is 11.3 Å². The molecule has 0 aliphatic heterocycles. The molecule has 0 fully saturated rings. The molecule has 0 bridgehead atoms. The second-order valence-corrected chi connectivity index (χ2v) is 5.59. The Morgan fingerprint density at radius 3 is 2.85 bits per heavy atom. The molecule has 2 aromatic rings. The van der Waals surface area contributed by atoms with E-state index in [1.165, 1.54) is 5.56 Å². The van der Waals surface area contributed by atoms with Crippen molar-refractivity contribution in [2.75, 3.05) is 6.54 Å². The topological polar surface area (TPSA) is 49.3 Å². The van der Waals surface area contributed by atoms with Crippen molar-refractivity contribution < 1.29 is 9.90 Å². The van der Waals surface area contributed by atoms with E-state index < -0.39 is 6.10 Å². The minimum Gasteiger partial charge on any atom is -0.387 e. The summed E-state index contributed by atoms with van der Waals surface area (Å²) < 4.78 is 0. The maximum Gasteiger partial charge on any atom is 0.220 e. The molecule has 2 N–H and O–H groups in total. The number of benzene rings is 1. The van der Waals surface area contributed by atoms with Gasteiger partial charge in [-0.25, -0.2) is 0 Å². The highest BCUT2D eigenvalue weighted by Crippen LogP contribution is 2.16. The fourth-order valence-electron chi connectivity index (χ4n) is 2.06. The van der Waals surface area contributed by atoms with E-state index in [9.17, 15) is 9.90 Å². The molecule has 0 radical (unpaired) electrons. The van der Waals surface area contributed by atoms with Gasteiger partial charge in [-0.2, -0.15) is 11.3 Å². The second kappa shape index (κ2) is 7.22. The number of thiophene rings is 1. The lowest BCUT2D eigenvalue weighted by molar-refractivity contribution is -0.121. The zero-order chi connectivity index (χ0) is 14.4. The summed E-state index contributed by atoms with van der Waals surface area (Å²) in [5.41, 5.74) is 3.09. The number of amides is 1. The molecule has 20 heavy (non-hydrogen) atoms. The van der Waals surface area contributed by atoms with Gasteiger partial charge < -0.3 is 10.4 Å².